The number of nitrogens with two attached hydrogens (primary N) is 1. The van der Waals surface area contributed by atoms with Crippen molar-refractivity contribution in [1.29, 1.82) is 0 Å². The molecule has 4 N–H and O–H groups in total. The summed E-state index contributed by atoms with van der Waals surface area (Å²) in [4.78, 5) is 10.8. The molecule has 0 spiro atoms. The van der Waals surface area contributed by atoms with E-state index in [1.54, 1.807) is 12.1 Å². The molecule has 1 aliphatic heterocycles. The van der Waals surface area contributed by atoms with Crippen LogP contribution in [0.4, 0.5) is 11.4 Å². The number of benzene rings is 1. The van der Waals surface area contributed by atoms with Crippen LogP contribution in [0.25, 0.3) is 0 Å². The van der Waals surface area contributed by atoms with Gasteiger partial charge in [-0.1, -0.05) is 6.42 Å². The Morgan fingerprint density at radius 1 is 1.50 bits per heavy atom. The highest BCUT2D eigenvalue weighted by Gasteiger charge is 2.14. The van der Waals surface area contributed by atoms with E-state index >= 15 is 0 Å². The molecule has 98 valence electrons. The number of anilines is 2. The summed E-state index contributed by atoms with van der Waals surface area (Å²) in [7, 11) is 0. The van der Waals surface area contributed by atoms with Crippen LogP contribution in [-0.2, 0) is 0 Å². The summed E-state index contributed by atoms with van der Waals surface area (Å²) in [6.45, 7) is 0.890. The summed E-state index contributed by atoms with van der Waals surface area (Å²) in [6, 6.07) is 4.82. The fourth-order valence-electron chi connectivity index (χ4n) is 2.05. The summed E-state index contributed by atoms with van der Waals surface area (Å²) >= 11 is 2.00. The Kier molecular flexibility index (Phi) is 4.36. The van der Waals surface area contributed by atoms with Crippen LogP contribution in [0.3, 0.4) is 0 Å². The van der Waals surface area contributed by atoms with Crippen LogP contribution in [0.2, 0.25) is 0 Å². The molecule has 0 aromatic heterocycles. The van der Waals surface area contributed by atoms with Crippen LogP contribution in [0.1, 0.15) is 29.6 Å². The van der Waals surface area contributed by atoms with E-state index in [2.05, 4.69) is 5.32 Å². The topological polar surface area (TPSA) is 75.4 Å². The van der Waals surface area contributed by atoms with E-state index in [0.29, 0.717) is 10.9 Å². The standard InChI is InChI=1S/C13H18N2O2S/c14-11-7-9(13(16)17)4-5-12(11)15-8-10-3-1-2-6-18-10/h4-5,7,10,15H,1-3,6,8,14H2,(H,16,17). The number of nitrogens with one attached hydrogen (secondary N) is 1. The Hall–Kier alpha value is -1.36. The van der Waals surface area contributed by atoms with Crippen LogP contribution in [0.5, 0.6) is 0 Å². The maximum Gasteiger partial charge on any atom is 0.335 e. The predicted molar refractivity (Wildman–Crippen MR) is 76.4 cm³/mol. The quantitative estimate of drug-likeness (QED) is 0.730. The third kappa shape index (κ3) is 3.32. The SMILES string of the molecule is Nc1cc(C(=O)O)ccc1NCC1CCCCS1. The summed E-state index contributed by atoms with van der Waals surface area (Å²) in [6.07, 6.45) is 3.86. The lowest BCUT2D eigenvalue weighted by Gasteiger charge is -2.22. The second kappa shape index (κ2) is 6.00. The van der Waals surface area contributed by atoms with E-state index < -0.39 is 5.97 Å². The Morgan fingerprint density at radius 2 is 2.33 bits per heavy atom. The minimum absolute atomic E-state index is 0.227. The van der Waals surface area contributed by atoms with Crippen molar-refractivity contribution in [1.82, 2.24) is 0 Å². The minimum atomic E-state index is -0.948. The first-order valence-corrected chi connectivity index (χ1v) is 7.20. The number of aromatic carboxylic acids is 1. The van der Waals surface area contributed by atoms with Gasteiger partial charge in [0.05, 0.1) is 16.9 Å². The van der Waals surface area contributed by atoms with Gasteiger partial charge in [0.15, 0.2) is 0 Å². The van der Waals surface area contributed by atoms with Gasteiger partial charge in [-0.2, -0.15) is 11.8 Å². The van der Waals surface area contributed by atoms with Crippen molar-refractivity contribution in [2.75, 3.05) is 23.3 Å². The van der Waals surface area contributed by atoms with Gasteiger partial charge in [0.25, 0.3) is 0 Å². The van der Waals surface area contributed by atoms with E-state index in [1.807, 2.05) is 11.8 Å². The highest BCUT2D eigenvalue weighted by Crippen LogP contribution is 2.26. The number of hydrogen-bond donors (Lipinski definition) is 3. The number of rotatable bonds is 4. The first-order chi connectivity index (χ1) is 8.66. The molecular weight excluding hydrogens is 248 g/mol. The highest BCUT2D eigenvalue weighted by atomic mass is 32.2. The van der Waals surface area contributed by atoms with Crippen LogP contribution >= 0.6 is 11.8 Å². The third-order valence-corrected chi connectivity index (χ3v) is 4.49. The molecule has 0 aliphatic carbocycles. The van der Waals surface area contributed by atoms with Gasteiger partial charge in [0, 0.05) is 11.8 Å². The van der Waals surface area contributed by atoms with E-state index in [0.717, 1.165) is 12.2 Å². The maximum absolute atomic E-state index is 10.8. The molecule has 1 aliphatic rings. The van der Waals surface area contributed by atoms with Crippen LogP contribution in [0.15, 0.2) is 18.2 Å². The second-order valence-electron chi connectivity index (χ2n) is 4.48. The second-order valence-corrected chi connectivity index (χ2v) is 5.88. The van der Waals surface area contributed by atoms with Gasteiger partial charge < -0.3 is 16.2 Å². The summed E-state index contributed by atoms with van der Waals surface area (Å²) in [5.41, 5.74) is 7.39. The van der Waals surface area contributed by atoms with Gasteiger partial charge in [0.2, 0.25) is 0 Å². The monoisotopic (exact) mass is 266 g/mol. The summed E-state index contributed by atoms with van der Waals surface area (Å²) in [5, 5.41) is 12.8. The summed E-state index contributed by atoms with van der Waals surface area (Å²) in [5.74, 6) is 0.288. The van der Waals surface area contributed by atoms with Gasteiger partial charge in [0.1, 0.15) is 0 Å². The zero-order valence-corrected chi connectivity index (χ0v) is 11.0. The fraction of sp³-hybridized carbons (Fsp3) is 0.462. The maximum atomic E-state index is 10.8. The van der Waals surface area contributed by atoms with E-state index in [4.69, 9.17) is 10.8 Å². The molecule has 0 amide bonds. The molecule has 1 unspecified atom stereocenters. The van der Waals surface area contributed by atoms with Gasteiger partial charge in [-0.15, -0.1) is 0 Å². The van der Waals surface area contributed by atoms with Gasteiger partial charge in [-0.25, -0.2) is 4.79 Å². The molecule has 1 heterocycles. The summed E-state index contributed by atoms with van der Waals surface area (Å²) < 4.78 is 0. The Labute approximate surface area is 111 Å². The Morgan fingerprint density at radius 3 is 2.94 bits per heavy atom. The first kappa shape index (κ1) is 13.1. The Bertz CT molecular complexity index is 431. The lowest BCUT2D eigenvalue weighted by Crippen LogP contribution is -2.20. The number of carbonyl (C=O) groups is 1. The van der Waals surface area contributed by atoms with Gasteiger partial charge >= 0.3 is 5.97 Å². The normalized spacial score (nSPS) is 19.4. The Balaban J connectivity index is 1.94. The number of thioether (sulfide) groups is 1. The largest absolute Gasteiger partial charge is 0.478 e. The van der Waals surface area contributed by atoms with Crippen molar-refractivity contribution < 1.29 is 9.90 Å². The van der Waals surface area contributed by atoms with Crippen molar-refractivity contribution in [2.24, 2.45) is 0 Å². The van der Waals surface area contributed by atoms with Crippen LogP contribution in [0, 0.1) is 0 Å². The fourth-order valence-corrected chi connectivity index (χ4v) is 3.29. The molecule has 0 radical (unpaired) electrons. The number of carboxylic acid groups (broad SMARTS) is 1. The highest BCUT2D eigenvalue weighted by molar-refractivity contribution is 7.99. The lowest BCUT2D eigenvalue weighted by atomic mass is 10.1. The zero-order valence-electron chi connectivity index (χ0n) is 10.2. The number of hydrogen-bond acceptors (Lipinski definition) is 4. The van der Waals surface area contributed by atoms with Gasteiger partial charge in [-0.3, -0.25) is 0 Å². The van der Waals surface area contributed by atoms with Gasteiger partial charge in [-0.05, 0) is 36.8 Å². The average molecular weight is 266 g/mol. The first-order valence-electron chi connectivity index (χ1n) is 6.15. The average Bonchev–Trinajstić information content (AvgIpc) is 2.38. The van der Waals surface area contributed by atoms with Crippen molar-refractivity contribution in [3.05, 3.63) is 23.8 Å². The van der Waals surface area contributed by atoms with Crippen molar-refractivity contribution in [3.63, 3.8) is 0 Å². The molecule has 4 nitrogen and oxygen atoms in total. The molecule has 1 saturated heterocycles. The van der Waals surface area contributed by atoms with Crippen molar-refractivity contribution in [3.8, 4) is 0 Å². The molecule has 1 fully saturated rings. The van der Waals surface area contributed by atoms with E-state index in [1.165, 1.54) is 31.1 Å². The zero-order chi connectivity index (χ0) is 13.0. The third-order valence-electron chi connectivity index (χ3n) is 3.09. The number of carboxylic acids is 1. The van der Waals surface area contributed by atoms with Crippen molar-refractivity contribution >= 4 is 29.1 Å². The molecule has 5 heteroatoms. The molecule has 1 atom stereocenters. The molecule has 1 aromatic rings. The molecule has 2 rings (SSSR count). The molecule has 0 bridgehead atoms. The lowest BCUT2D eigenvalue weighted by molar-refractivity contribution is 0.0697. The minimum Gasteiger partial charge on any atom is -0.478 e. The van der Waals surface area contributed by atoms with E-state index in [9.17, 15) is 4.79 Å². The molecule has 0 saturated carbocycles. The molecular formula is C13H18N2O2S. The predicted octanol–water partition coefficient (Wildman–Crippen LogP) is 2.66. The number of nitrogen functional groups attached to an aromatic ring is 1. The molecule has 1 aromatic carbocycles. The van der Waals surface area contributed by atoms with Crippen LogP contribution < -0.4 is 11.1 Å². The van der Waals surface area contributed by atoms with Crippen molar-refractivity contribution in [2.45, 2.75) is 24.5 Å². The smallest absolute Gasteiger partial charge is 0.335 e. The van der Waals surface area contributed by atoms with Crippen LogP contribution in [-0.4, -0.2) is 28.6 Å². The van der Waals surface area contributed by atoms with E-state index in [-0.39, 0.29) is 5.56 Å². The molecule has 18 heavy (non-hydrogen) atoms.